The Morgan fingerprint density at radius 1 is 1.21 bits per heavy atom. The third kappa shape index (κ3) is 6.36. The third-order valence-electron chi connectivity index (χ3n) is 5.42. The lowest BCUT2D eigenvalue weighted by atomic mass is 9.70. The highest BCUT2D eigenvalue weighted by Crippen LogP contribution is 2.42. The summed E-state index contributed by atoms with van der Waals surface area (Å²) >= 11 is 6.03. The quantitative estimate of drug-likeness (QED) is 0.722. The lowest BCUT2D eigenvalue weighted by Gasteiger charge is -2.45. The highest BCUT2D eigenvalue weighted by Gasteiger charge is 2.40. The number of alkyl carbamates (subject to hydrolysis) is 1. The molecule has 0 spiro atoms. The van der Waals surface area contributed by atoms with Crippen LogP contribution in [0.4, 0.5) is 4.79 Å². The summed E-state index contributed by atoms with van der Waals surface area (Å²) in [5.74, 6) is 0.265. The standard InChI is InChI=1S/C23H35ClN2O3/c1-15(2)19(25-21(28)29-22(3,4)5)20(27)26-13-12-18(23(6,7)14-26)16-8-10-17(24)11-9-16/h8-11,15,18-19H,12-14H2,1-7H3,(H,25,28)/t18?,19-/m1/s1. The Morgan fingerprint density at radius 3 is 2.28 bits per heavy atom. The lowest BCUT2D eigenvalue weighted by Crippen LogP contribution is -2.56. The van der Waals surface area contributed by atoms with Crippen LogP contribution in [0.3, 0.4) is 0 Å². The Labute approximate surface area is 180 Å². The Bertz CT molecular complexity index is 723. The molecule has 1 unspecified atom stereocenters. The van der Waals surface area contributed by atoms with Gasteiger partial charge in [-0.05, 0) is 62.1 Å². The van der Waals surface area contributed by atoms with Crippen LogP contribution < -0.4 is 5.32 Å². The number of carbonyl (C=O) groups is 2. The van der Waals surface area contributed by atoms with Gasteiger partial charge in [0.1, 0.15) is 11.6 Å². The summed E-state index contributed by atoms with van der Waals surface area (Å²) in [6, 6.07) is 7.39. The molecule has 5 nitrogen and oxygen atoms in total. The molecule has 0 saturated carbocycles. The molecule has 2 atom stereocenters. The van der Waals surface area contributed by atoms with Crippen molar-refractivity contribution in [3.63, 3.8) is 0 Å². The van der Waals surface area contributed by atoms with Gasteiger partial charge in [-0.1, -0.05) is 51.4 Å². The van der Waals surface area contributed by atoms with Crippen LogP contribution in [-0.2, 0) is 9.53 Å². The van der Waals surface area contributed by atoms with Gasteiger partial charge in [0.15, 0.2) is 0 Å². The minimum atomic E-state index is -0.604. The van der Waals surface area contributed by atoms with E-state index in [4.69, 9.17) is 16.3 Å². The second-order valence-corrected chi connectivity index (χ2v) is 10.4. The lowest BCUT2D eigenvalue weighted by molar-refractivity contribution is -0.138. The minimum absolute atomic E-state index is 0.0351. The highest BCUT2D eigenvalue weighted by atomic mass is 35.5. The van der Waals surface area contributed by atoms with E-state index in [-0.39, 0.29) is 17.2 Å². The van der Waals surface area contributed by atoms with Crippen LogP contribution in [0.5, 0.6) is 0 Å². The second kappa shape index (κ2) is 8.95. The number of hydrogen-bond donors (Lipinski definition) is 1. The first kappa shape index (κ1) is 23.5. The van der Waals surface area contributed by atoms with E-state index in [1.54, 1.807) is 0 Å². The highest BCUT2D eigenvalue weighted by molar-refractivity contribution is 6.30. The number of halogens is 1. The number of rotatable bonds is 4. The molecule has 29 heavy (non-hydrogen) atoms. The van der Waals surface area contributed by atoms with Gasteiger partial charge in [0.05, 0.1) is 0 Å². The largest absolute Gasteiger partial charge is 0.444 e. The van der Waals surface area contributed by atoms with E-state index in [9.17, 15) is 9.59 Å². The summed E-state index contributed by atoms with van der Waals surface area (Å²) < 4.78 is 5.35. The van der Waals surface area contributed by atoms with E-state index in [1.165, 1.54) is 5.56 Å². The van der Waals surface area contributed by atoms with Gasteiger partial charge in [0, 0.05) is 18.1 Å². The van der Waals surface area contributed by atoms with Gasteiger partial charge in [-0.3, -0.25) is 4.79 Å². The number of hydrogen-bond acceptors (Lipinski definition) is 3. The smallest absolute Gasteiger partial charge is 0.408 e. The number of piperidine rings is 1. The number of amides is 2. The van der Waals surface area contributed by atoms with Crippen molar-refractivity contribution in [3.8, 4) is 0 Å². The summed E-state index contributed by atoms with van der Waals surface area (Å²) in [5.41, 5.74) is 0.557. The molecule has 6 heteroatoms. The molecule has 0 bridgehead atoms. The molecular weight excluding hydrogens is 388 g/mol. The van der Waals surface area contributed by atoms with Gasteiger partial charge in [0.2, 0.25) is 5.91 Å². The van der Waals surface area contributed by atoms with Crippen molar-refractivity contribution in [2.75, 3.05) is 13.1 Å². The molecule has 1 aliphatic rings. The first-order valence-electron chi connectivity index (χ1n) is 10.3. The zero-order valence-corrected chi connectivity index (χ0v) is 19.5. The van der Waals surface area contributed by atoms with Crippen molar-refractivity contribution in [1.29, 1.82) is 0 Å². The van der Waals surface area contributed by atoms with Crippen molar-refractivity contribution in [1.82, 2.24) is 10.2 Å². The van der Waals surface area contributed by atoms with Crippen molar-refractivity contribution in [2.45, 2.75) is 72.4 Å². The summed E-state index contributed by atoms with van der Waals surface area (Å²) in [6.45, 7) is 15.0. The zero-order chi connectivity index (χ0) is 22.0. The third-order valence-corrected chi connectivity index (χ3v) is 5.67. The Balaban J connectivity index is 2.10. The Morgan fingerprint density at radius 2 is 1.79 bits per heavy atom. The molecule has 2 rings (SSSR count). The fourth-order valence-corrected chi connectivity index (χ4v) is 4.13. The molecule has 1 saturated heterocycles. The van der Waals surface area contributed by atoms with Crippen molar-refractivity contribution < 1.29 is 14.3 Å². The number of nitrogens with one attached hydrogen (secondary N) is 1. The van der Waals surface area contributed by atoms with E-state index in [0.29, 0.717) is 19.0 Å². The van der Waals surface area contributed by atoms with E-state index in [0.717, 1.165) is 11.4 Å². The molecule has 0 radical (unpaired) electrons. The van der Waals surface area contributed by atoms with Gasteiger partial charge in [-0.25, -0.2) is 4.79 Å². The molecule has 1 fully saturated rings. The summed E-state index contributed by atoms with van der Waals surface area (Å²) in [5, 5.41) is 3.51. The summed E-state index contributed by atoms with van der Waals surface area (Å²) in [7, 11) is 0. The maximum atomic E-state index is 13.3. The molecule has 162 valence electrons. The van der Waals surface area contributed by atoms with Gasteiger partial charge in [-0.15, -0.1) is 0 Å². The van der Waals surface area contributed by atoms with Crippen LogP contribution in [0, 0.1) is 11.3 Å². The number of benzene rings is 1. The Hall–Kier alpha value is -1.75. The van der Waals surface area contributed by atoms with Crippen molar-refractivity contribution >= 4 is 23.6 Å². The molecule has 1 aromatic rings. The maximum absolute atomic E-state index is 13.3. The first-order chi connectivity index (χ1) is 13.3. The average Bonchev–Trinajstić information content (AvgIpc) is 2.57. The van der Waals surface area contributed by atoms with Crippen LogP contribution in [0.15, 0.2) is 24.3 Å². The summed E-state index contributed by atoms with van der Waals surface area (Å²) in [6.07, 6.45) is 0.317. The topological polar surface area (TPSA) is 58.6 Å². The normalized spacial score (nSPS) is 20.3. The molecule has 1 aliphatic heterocycles. The van der Waals surface area contributed by atoms with E-state index in [2.05, 4.69) is 31.3 Å². The number of likely N-dealkylation sites (tertiary alicyclic amines) is 1. The molecule has 1 aromatic carbocycles. The summed E-state index contributed by atoms with van der Waals surface area (Å²) in [4.78, 5) is 27.4. The number of ether oxygens (including phenoxy) is 1. The average molecular weight is 423 g/mol. The maximum Gasteiger partial charge on any atom is 0.408 e. The molecule has 2 amide bonds. The fourth-order valence-electron chi connectivity index (χ4n) is 4.00. The molecule has 1 N–H and O–H groups in total. The molecular formula is C23H35ClN2O3. The fraction of sp³-hybridized carbons (Fsp3) is 0.652. The predicted octanol–water partition coefficient (Wildman–Crippen LogP) is 5.23. The minimum Gasteiger partial charge on any atom is -0.444 e. The van der Waals surface area contributed by atoms with Crippen LogP contribution in [-0.4, -0.2) is 41.6 Å². The van der Waals surface area contributed by atoms with Crippen molar-refractivity contribution in [3.05, 3.63) is 34.9 Å². The van der Waals surface area contributed by atoms with Crippen LogP contribution >= 0.6 is 11.6 Å². The van der Waals surface area contributed by atoms with Crippen LogP contribution in [0.2, 0.25) is 5.02 Å². The van der Waals surface area contributed by atoms with E-state index >= 15 is 0 Å². The predicted molar refractivity (Wildman–Crippen MR) is 117 cm³/mol. The van der Waals surface area contributed by atoms with Crippen molar-refractivity contribution in [2.24, 2.45) is 11.3 Å². The number of carbonyl (C=O) groups excluding carboxylic acids is 2. The van der Waals surface area contributed by atoms with Crippen LogP contribution in [0.25, 0.3) is 0 Å². The Kier molecular flexibility index (Phi) is 7.26. The van der Waals surface area contributed by atoms with Gasteiger partial charge in [0.25, 0.3) is 0 Å². The monoisotopic (exact) mass is 422 g/mol. The van der Waals surface area contributed by atoms with E-state index in [1.807, 2.05) is 51.7 Å². The first-order valence-corrected chi connectivity index (χ1v) is 10.7. The van der Waals surface area contributed by atoms with Gasteiger partial charge < -0.3 is 15.0 Å². The molecule has 1 heterocycles. The molecule has 0 aromatic heterocycles. The second-order valence-electron chi connectivity index (χ2n) is 10.0. The number of nitrogens with zero attached hydrogens (tertiary/aromatic N) is 1. The van der Waals surface area contributed by atoms with Gasteiger partial charge >= 0.3 is 6.09 Å². The van der Waals surface area contributed by atoms with E-state index < -0.39 is 17.7 Å². The SMILES string of the molecule is CC(C)[C@@H](NC(=O)OC(C)(C)C)C(=O)N1CCC(c2ccc(Cl)cc2)C(C)(C)C1. The zero-order valence-electron chi connectivity index (χ0n) is 18.7. The van der Waals surface area contributed by atoms with Crippen LogP contribution in [0.1, 0.15) is 66.4 Å². The molecule has 0 aliphatic carbocycles. The van der Waals surface area contributed by atoms with Gasteiger partial charge in [-0.2, -0.15) is 0 Å².